The van der Waals surface area contributed by atoms with Crippen LogP contribution < -0.4 is 10.6 Å². The van der Waals surface area contributed by atoms with Crippen LogP contribution in [0.15, 0.2) is 66.7 Å². The summed E-state index contributed by atoms with van der Waals surface area (Å²) in [4.78, 5) is 20.3. The minimum atomic E-state index is -0.166. The highest BCUT2D eigenvalue weighted by Crippen LogP contribution is 2.24. The Bertz CT molecular complexity index is 1120. The maximum Gasteiger partial charge on any atom is 0.255 e. The molecule has 0 spiro atoms. The highest BCUT2D eigenvalue weighted by atomic mass is 16.3. The van der Waals surface area contributed by atoms with E-state index in [2.05, 4.69) is 20.6 Å². The molecule has 6 heteroatoms. The number of aromatic nitrogens is 2. The number of aromatic amines is 1. The fourth-order valence-corrected chi connectivity index (χ4v) is 2.99. The van der Waals surface area contributed by atoms with Crippen molar-refractivity contribution in [2.45, 2.75) is 6.92 Å². The predicted octanol–water partition coefficient (Wildman–Crippen LogP) is 4.62. The molecule has 1 heterocycles. The number of carbonyl (C=O) groups is 1. The number of phenolic OH excluding ortho intramolecular Hbond substituents is 1. The van der Waals surface area contributed by atoms with E-state index >= 15 is 0 Å². The quantitative estimate of drug-likeness (QED) is 0.411. The molecule has 0 aliphatic rings. The highest BCUT2D eigenvalue weighted by molar-refractivity contribution is 6.05. The first-order valence-electron chi connectivity index (χ1n) is 9.07. The Hall–Kier alpha value is -3.80. The molecule has 0 bridgehead atoms. The minimum absolute atomic E-state index is 0.166. The van der Waals surface area contributed by atoms with E-state index in [1.165, 1.54) is 0 Å². The molecule has 28 heavy (non-hydrogen) atoms. The molecule has 1 aromatic heterocycles. The zero-order valence-corrected chi connectivity index (χ0v) is 15.4. The van der Waals surface area contributed by atoms with Gasteiger partial charge < -0.3 is 20.7 Å². The molecule has 0 aliphatic heterocycles. The van der Waals surface area contributed by atoms with Crippen LogP contribution >= 0.6 is 0 Å². The van der Waals surface area contributed by atoms with Crippen molar-refractivity contribution < 1.29 is 9.90 Å². The molecule has 0 radical (unpaired) electrons. The van der Waals surface area contributed by atoms with Gasteiger partial charge in [-0.1, -0.05) is 0 Å². The van der Waals surface area contributed by atoms with Crippen molar-refractivity contribution in [2.24, 2.45) is 0 Å². The Morgan fingerprint density at radius 1 is 1.00 bits per heavy atom. The molecule has 0 saturated heterocycles. The van der Waals surface area contributed by atoms with Gasteiger partial charge in [0.25, 0.3) is 5.91 Å². The molecule has 0 unspecified atom stereocenters. The van der Waals surface area contributed by atoms with Crippen LogP contribution in [0.25, 0.3) is 22.4 Å². The topological polar surface area (TPSA) is 90.0 Å². The summed E-state index contributed by atoms with van der Waals surface area (Å²) in [5.74, 6) is 0.751. The van der Waals surface area contributed by atoms with Gasteiger partial charge in [0, 0.05) is 29.0 Å². The molecular formula is C22H20N4O2. The van der Waals surface area contributed by atoms with Crippen LogP contribution in [0.5, 0.6) is 5.75 Å². The van der Waals surface area contributed by atoms with E-state index in [9.17, 15) is 9.90 Å². The van der Waals surface area contributed by atoms with Gasteiger partial charge >= 0.3 is 0 Å². The van der Waals surface area contributed by atoms with Gasteiger partial charge in [-0.3, -0.25) is 4.79 Å². The first-order chi connectivity index (χ1) is 13.6. The number of benzene rings is 3. The van der Waals surface area contributed by atoms with Gasteiger partial charge in [0.15, 0.2) is 0 Å². The standard InChI is InChI=1S/C22H20N4O2/c1-2-23-16-7-3-15(4-8-16)22(28)24-17-9-12-19-20(13-17)26-21(25-19)14-5-10-18(27)11-6-14/h3-13,23,27H,2H2,1H3,(H,24,28)(H,25,26). The smallest absolute Gasteiger partial charge is 0.255 e. The van der Waals surface area contributed by atoms with Crippen LogP contribution in [0, 0.1) is 0 Å². The van der Waals surface area contributed by atoms with Crippen molar-refractivity contribution in [1.29, 1.82) is 0 Å². The third-order valence-electron chi connectivity index (χ3n) is 4.41. The lowest BCUT2D eigenvalue weighted by Gasteiger charge is -2.07. The monoisotopic (exact) mass is 372 g/mol. The second-order valence-electron chi connectivity index (χ2n) is 6.43. The Kier molecular flexibility index (Phi) is 4.68. The van der Waals surface area contributed by atoms with Gasteiger partial charge in [0.1, 0.15) is 11.6 Å². The molecule has 0 aliphatic carbocycles. The second kappa shape index (κ2) is 7.44. The van der Waals surface area contributed by atoms with Gasteiger partial charge in [-0.05, 0) is 73.7 Å². The third-order valence-corrected chi connectivity index (χ3v) is 4.41. The van der Waals surface area contributed by atoms with Gasteiger partial charge in [-0.25, -0.2) is 4.98 Å². The second-order valence-corrected chi connectivity index (χ2v) is 6.43. The van der Waals surface area contributed by atoms with E-state index < -0.39 is 0 Å². The van der Waals surface area contributed by atoms with Crippen molar-refractivity contribution in [3.63, 3.8) is 0 Å². The largest absolute Gasteiger partial charge is 0.508 e. The van der Waals surface area contributed by atoms with Gasteiger partial charge in [-0.2, -0.15) is 0 Å². The van der Waals surface area contributed by atoms with Crippen LogP contribution in [0.3, 0.4) is 0 Å². The Morgan fingerprint density at radius 2 is 1.71 bits per heavy atom. The molecule has 4 rings (SSSR count). The van der Waals surface area contributed by atoms with E-state index in [0.717, 1.165) is 28.8 Å². The number of aromatic hydroxyl groups is 1. The summed E-state index contributed by atoms with van der Waals surface area (Å²) in [5, 5.41) is 15.5. The molecule has 0 fully saturated rings. The van der Waals surface area contributed by atoms with E-state index in [1.807, 2.05) is 37.3 Å². The highest BCUT2D eigenvalue weighted by Gasteiger charge is 2.09. The van der Waals surface area contributed by atoms with Crippen LogP contribution in [-0.2, 0) is 0 Å². The SMILES string of the molecule is CCNc1ccc(C(=O)Nc2ccc3nc(-c4ccc(O)cc4)[nH]c3c2)cc1. The van der Waals surface area contributed by atoms with E-state index in [1.54, 1.807) is 36.4 Å². The summed E-state index contributed by atoms with van der Waals surface area (Å²) >= 11 is 0. The number of hydrogen-bond acceptors (Lipinski definition) is 4. The number of carbonyl (C=O) groups excluding carboxylic acids is 1. The summed E-state index contributed by atoms with van der Waals surface area (Å²) in [7, 11) is 0. The molecule has 4 aromatic rings. The molecule has 6 nitrogen and oxygen atoms in total. The van der Waals surface area contributed by atoms with Crippen LogP contribution in [-0.4, -0.2) is 27.5 Å². The normalized spacial score (nSPS) is 10.8. The number of fused-ring (bicyclic) bond motifs is 1. The Balaban J connectivity index is 1.54. The lowest BCUT2D eigenvalue weighted by Crippen LogP contribution is -2.11. The van der Waals surface area contributed by atoms with Crippen LogP contribution in [0.4, 0.5) is 11.4 Å². The lowest BCUT2D eigenvalue weighted by atomic mass is 10.2. The van der Waals surface area contributed by atoms with Crippen molar-refractivity contribution >= 4 is 28.3 Å². The number of hydrogen-bond donors (Lipinski definition) is 4. The minimum Gasteiger partial charge on any atom is -0.508 e. The Morgan fingerprint density at radius 3 is 2.43 bits per heavy atom. The summed E-state index contributed by atoms with van der Waals surface area (Å²) in [5.41, 5.74) is 4.77. The van der Waals surface area contributed by atoms with Crippen LogP contribution in [0.1, 0.15) is 17.3 Å². The van der Waals surface area contributed by atoms with Crippen molar-refractivity contribution in [1.82, 2.24) is 9.97 Å². The number of imidazole rings is 1. The average Bonchev–Trinajstić information content (AvgIpc) is 3.12. The number of rotatable bonds is 5. The lowest BCUT2D eigenvalue weighted by molar-refractivity contribution is 0.102. The van der Waals surface area contributed by atoms with E-state index in [0.29, 0.717) is 17.1 Å². The van der Waals surface area contributed by atoms with Crippen molar-refractivity contribution in [3.8, 4) is 17.1 Å². The molecule has 0 saturated carbocycles. The number of H-pyrrole nitrogens is 1. The molecule has 3 aromatic carbocycles. The van der Waals surface area contributed by atoms with Gasteiger partial charge in [0.2, 0.25) is 0 Å². The third kappa shape index (κ3) is 3.66. The molecule has 140 valence electrons. The maximum atomic E-state index is 12.5. The number of nitrogens with one attached hydrogen (secondary N) is 3. The van der Waals surface area contributed by atoms with E-state index in [-0.39, 0.29) is 11.7 Å². The van der Waals surface area contributed by atoms with Crippen molar-refractivity contribution in [3.05, 3.63) is 72.3 Å². The zero-order valence-electron chi connectivity index (χ0n) is 15.4. The molecule has 0 atom stereocenters. The van der Waals surface area contributed by atoms with Gasteiger partial charge in [-0.15, -0.1) is 0 Å². The fraction of sp³-hybridized carbons (Fsp3) is 0.0909. The molecule has 4 N–H and O–H groups in total. The first-order valence-corrected chi connectivity index (χ1v) is 9.07. The summed E-state index contributed by atoms with van der Waals surface area (Å²) < 4.78 is 0. The maximum absolute atomic E-state index is 12.5. The number of amides is 1. The zero-order chi connectivity index (χ0) is 19.5. The molecular weight excluding hydrogens is 352 g/mol. The van der Waals surface area contributed by atoms with Crippen molar-refractivity contribution in [2.75, 3.05) is 17.2 Å². The van der Waals surface area contributed by atoms with Gasteiger partial charge in [0.05, 0.1) is 11.0 Å². The molecule has 1 amide bonds. The van der Waals surface area contributed by atoms with Crippen LogP contribution in [0.2, 0.25) is 0 Å². The Labute approximate surface area is 162 Å². The first kappa shape index (κ1) is 17.6. The summed E-state index contributed by atoms with van der Waals surface area (Å²) in [6.07, 6.45) is 0. The van der Waals surface area contributed by atoms with E-state index in [4.69, 9.17) is 0 Å². The predicted molar refractivity (Wildman–Crippen MR) is 112 cm³/mol. The summed E-state index contributed by atoms with van der Waals surface area (Å²) in [6.45, 7) is 2.86. The summed E-state index contributed by atoms with van der Waals surface area (Å²) in [6, 6.07) is 19.8. The number of anilines is 2. The fourth-order valence-electron chi connectivity index (χ4n) is 2.99. The number of phenols is 1. The average molecular weight is 372 g/mol. The number of nitrogens with zero attached hydrogens (tertiary/aromatic N) is 1.